The van der Waals surface area contributed by atoms with E-state index in [-0.39, 0.29) is 24.0 Å². The van der Waals surface area contributed by atoms with E-state index in [1.807, 2.05) is 60.6 Å². The van der Waals surface area contributed by atoms with Crippen molar-refractivity contribution < 1.29 is 29.0 Å². The van der Waals surface area contributed by atoms with Gasteiger partial charge in [-0.25, -0.2) is 19.6 Å². The van der Waals surface area contributed by atoms with Crippen molar-refractivity contribution in [1.82, 2.24) is 19.8 Å². The Kier molecular flexibility index (Phi) is 14.8. The lowest BCUT2D eigenvalue weighted by Gasteiger charge is -2.38. The third-order valence-electron chi connectivity index (χ3n) is 8.79. The summed E-state index contributed by atoms with van der Waals surface area (Å²) in [6.45, 7) is 15.9. The number of Topliss-reactive ketones (excluding diaryl/α,β-unsaturated/α-hetero) is 1. The van der Waals surface area contributed by atoms with E-state index in [2.05, 4.69) is 38.6 Å². The number of halogens is 3. The molecule has 0 aromatic carbocycles. The van der Waals surface area contributed by atoms with Gasteiger partial charge in [0, 0.05) is 47.6 Å². The van der Waals surface area contributed by atoms with Gasteiger partial charge >= 0.3 is 12.2 Å². The minimum atomic E-state index is -1.15. The van der Waals surface area contributed by atoms with E-state index >= 15 is 0 Å². The van der Waals surface area contributed by atoms with Gasteiger partial charge in [-0.3, -0.25) is 9.69 Å². The van der Waals surface area contributed by atoms with Crippen LogP contribution in [0.1, 0.15) is 98.8 Å². The Morgan fingerprint density at radius 3 is 1.91 bits per heavy atom. The van der Waals surface area contributed by atoms with E-state index in [1.165, 1.54) is 14.2 Å². The summed E-state index contributed by atoms with van der Waals surface area (Å²) >= 11 is 17.6. The number of aliphatic hydroxyl groups is 1. The van der Waals surface area contributed by atoms with Crippen LogP contribution in [0.25, 0.3) is 20.4 Å². The van der Waals surface area contributed by atoms with E-state index in [1.54, 1.807) is 46.5 Å². The van der Waals surface area contributed by atoms with Crippen molar-refractivity contribution in [2.45, 2.75) is 123 Å². The molecule has 3 atom stereocenters. The SMILES string of the molecule is CC1C(=O)CCCCN1C(=O)OC(C)(C)C.CC1N(C(=O)OC(C)(C)C)CCCCC1(O)c1cc2c(Cl)ccnc2s1.Clc1ccnc2sc(I)cc12. The fourth-order valence-corrected chi connectivity index (χ4v) is 9.40. The molecule has 2 saturated heterocycles. The van der Waals surface area contributed by atoms with Gasteiger partial charge in [0.1, 0.15) is 26.5 Å². The fraction of sp³-hybridized carbons (Fsp3) is 0.553. The molecule has 6 rings (SSSR count). The lowest BCUT2D eigenvalue weighted by atomic mass is 9.88. The highest BCUT2D eigenvalue weighted by Gasteiger charge is 2.44. The molecule has 290 valence electrons. The van der Waals surface area contributed by atoms with Crippen molar-refractivity contribution in [3.8, 4) is 0 Å². The highest BCUT2D eigenvalue weighted by Crippen LogP contribution is 2.43. The first-order valence-electron chi connectivity index (χ1n) is 17.7. The molecule has 15 heteroatoms. The number of hydrogen-bond donors (Lipinski definition) is 1. The van der Waals surface area contributed by atoms with Crippen molar-refractivity contribution in [3.05, 3.63) is 54.5 Å². The summed E-state index contributed by atoms with van der Waals surface area (Å²) < 4.78 is 12.1. The van der Waals surface area contributed by atoms with Crippen LogP contribution in [0.4, 0.5) is 9.59 Å². The van der Waals surface area contributed by atoms with Crippen LogP contribution >= 0.6 is 68.5 Å². The van der Waals surface area contributed by atoms with E-state index in [4.69, 9.17) is 32.7 Å². The molecule has 2 aliphatic heterocycles. The van der Waals surface area contributed by atoms with Crippen molar-refractivity contribution in [1.29, 1.82) is 0 Å². The first kappa shape index (κ1) is 43.4. The zero-order valence-electron chi connectivity index (χ0n) is 31.5. The van der Waals surface area contributed by atoms with Crippen LogP contribution in [0.5, 0.6) is 0 Å². The molecule has 4 aromatic rings. The number of carbonyl (C=O) groups excluding carboxylic acids is 3. The predicted octanol–water partition coefficient (Wildman–Crippen LogP) is 10.9. The molecular formula is C38H49Cl2IN4O6S2. The average molecular weight is 920 g/mol. The number of fused-ring (bicyclic) bond motifs is 2. The molecule has 53 heavy (non-hydrogen) atoms. The first-order chi connectivity index (χ1) is 24.7. The number of carbonyl (C=O) groups is 3. The number of aromatic nitrogens is 2. The highest BCUT2D eigenvalue weighted by atomic mass is 127. The van der Waals surface area contributed by atoms with Gasteiger partial charge in [0.15, 0.2) is 5.78 Å². The van der Waals surface area contributed by atoms with Crippen LogP contribution in [0.3, 0.4) is 0 Å². The number of ketones is 1. The lowest BCUT2D eigenvalue weighted by Crippen LogP contribution is -2.51. The van der Waals surface area contributed by atoms with Gasteiger partial charge in [-0.05, 0) is 134 Å². The van der Waals surface area contributed by atoms with Crippen molar-refractivity contribution >= 4 is 107 Å². The van der Waals surface area contributed by atoms with Gasteiger partial charge in [-0.1, -0.05) is 23.2 Å². The number of ether oxygens (including phenoxy) is 2. The van der Waals surface area contributed by atoms with Gasteiger partial charge in [0.05, 0.1) is 25.0 Å². The Morgan fingerprint density at radius 2 is 1.36 bits per heavy atom. The van der Waals surface area contributed by atoms with Crippen LogP contribution in [-0.2, 0) is 19.9 Å². The topological polar surface area (TPSA) is 122 Å². The number of thiophene rings is 2. The van der Waals surface area contributed by atoms with Gasteiger partial charge in [0.2, 0.25) is 0 Å². The number of amides is 2. The zero-order chi connectivity index (χ0) is 39.3. The molecule has 0 spiro atoms. The maximum Gasteiger partial charge on any atom is 0.410 e. The summed E-state index contributed by atoms with van der Waals surface area (Å²) in [6.07, 6.45) is 7.18. The second-order valence-electron chi connectivity index (χ2n) is 15.2. The van der Waals surface area contributed by atoms with Crippen molar-refractivity contribution in [2.75, 3.05) is 13.1 Å². The maximum atomic E-state index is 12.7. The minimum absolute atomic E-state index is 0.128. The molecule has 2 amide bonds. The Hall–Kier alpha value is -2.30. The van der Waals surface area contributed by atoms with Crippen LogP contribution in [0.15, 0.2) is 36.7 Å². The minimum Gasteiger partial charge on any atom is -0.444 e. The molecule has 0 aliphatic carbocycles. The summed E-state index contributed by atoms with van der Waals surface area (Å²) in [4.78, 5) is 50.5. The summed E-state index contributed by atoms with van der Waals surface area (Å²) in [7, 11) is 0. The first-order valence-corrected chi connectivity index (χ1v) is 21.2. The molecule has 2 fully saturated rings. The third kappa shape index (κ3) is 11.6. The van der Waals surface area contributed by atoms with Crippen LogP contribution in [-0.4, -0.2) is 79.2 Å². The second kappa shape index (κ2) is 18.1. The zero-order valence-corrected chi connectivity index (χ0v) is 36.8. The van der Waals surface area contributed by atoms with Crippen LogP contribution in [0, 0.1) is 2.88 Å². The van der Waals surface area contributed by atoms with Gasteiger partial charge < -0.3 is 19.5 Å². The molecule has 3 unspecified atom stereocenters. The van der Waals surface area contributed by atoms with Crippen LogP contribution < -0.4 is 0 Å². The predicted molar refractivity (Wildman–Crippen MR) is 223 cm³/mol. The Labute approximate surface area is 343 Å². The Morgan fingerprint density at radius 1 is 0.849 bits per heavy atom. The molecule has 6 heterocycles. The Bertz CT molecular complexity index is 1910. The Balaban J connectivity index is 0.000000197. The van der Waals surface area contributed by atoms with Gasteiger partial charge in [-0.15, -0.1) is 22.7 Å². The molecule has 2 aliphatic rings. The van der Waals surface area contributed by atoms with E-state index < -0.39 is 22.8 Å². The summed E-state index contributed by atoms with van der Waals surface area (Å²) in [5.41, 5.74) is -2.23. The normalized spacial score (nSPS) is 21.2. The highest BCUT2D eigenvalue weighted by molar-refractivity contribution is 14.1. The average Bonchev–Trinajstić information content (AvgIpc) is 3.59. The van der Waals surface area contributed by atoms with E-state index in [0.717, 1.165) is 56.0 Å². The van der Waals surface area contributed by atoms with Gasteiger partial charge in [-0.2, -0.15) is 0 Å². The summed E-state index contributed by atoms with van der Waals surface area (Å²) in [5, 5.41) is 14.9. The smallest absolute Gasteiger partial charge is 0.410 e. The van der Waals surface area contributed by atoms with Gasteiger partial charge in [0.25, 0.3) is 0 Å². The molecule has 0 bridgehead atoms. The van der Waals surface area contributed by atoms with Crippen molar-refractivity contribution in [3.63, 3.8) is 0 Å². The molecule has 0 saturated carbocycles. The van der Waals surface area contributed by atoms with E-state index in [9.17, 15) is 19.5 Å². The number of rotatable bonds is 1. The summed E-state index contributed by atoms with van der Waals surface area (Å²) in [5.74, 6) is 0.128. The molecule has 10 nitrogen and oxygen atoms in total. The monoisotopic (exact) mass is 918 g/mol. The standard InChI is InChI=1S/C19H25ClN2O3S.C12H21NO3.C7H3ClINS/c1-12-19(24,15-11-13-14(20)7-9-21-16(13)26-15)8-5-6-10-22(12)17(23)25-18(2,3)4;1-9-10(14)7-5-6-8-13(9)11(15)16-12(2,3)4;8-5-1-2-10-7-4(5)3-6(9)11-7/h7,9,11-12,24H,5-6,8,10H2,1-4H3;9H,5-8H2,1-4H3;1-3H. The van der Waals surface area contributed by atoms with E-state index in [0.29, 0.717) is 31.0 Å². The number of hydrogen-bond acceptors (Lipinski definition) is 10. The van der Waals surface area contributed by atoms with Crippen LogP contribution in [0.2, 0.25) is 10.0 Å². The third-order valence-corrected chi connectivity index (χ3v) is 12.5. The van der Waals surface area contributed by atoms with Crippen molar-refractivity contribution in [2.24, 2.45) is 0 Å². The lowest BCUT2D eigenvalue weighted by molar-refractivity contribution is -0.123. The number of pyridine rings is 2. The number of nitrogens with zero attached hydrogens (tertiary/aromatic N) is 4. The largest absolute Gasteiger partial charge is 0.444 e. The molecule has 1 N–H and O–H groups in total. The maximum absolute atomic E-state index is 12.7. The summed E-state index contributed by atoms with van der Waals surface area (Å²) in [6, 6.07) is 6.75. The molecule has 0 radical (unpaired) electrons. The fourth-order valence-electron chi connectivity index (χ4n) is 5.96. The molecular weight excluding hydrogens is 870 g/mol. The molecule has 4 aromatic heterocycles. The number of likely N-dealkylation sites (tertiary alicyclic amines) is 2. The quantitative estimate of drug-likeness (QED) is 0.187. The second-order valence-corrected chi connectivity index (χ2v) is 20.0.